The molecule has 2 nitrogen and oxygen atoms in total. The summed E-state index contributed by atoms with van der Waals surface area (Å²) in [5.74, 6) is 6.17. The molecule has 4 aromatic rings. The van der Waals surface area contributed by atoms with Crippen molar-refractivity contribution >= 4 is 27.3 Å². The Hall–Kier alpha value is -3.57. The van der Waals surface area contributed by atoms with Crippen molar-refractivity contribution in [1.29, 1.82) is 0 Å². The van der Waals surface area contributed by atoms with Crippen LogP contribution in [0, 0.1) is 11.8 Å². The molecular weight excluding hydrogens is 320 g/mol. The molecule has 26 heavy (non-hydrogen) atoms. The number of phenols is 1. The predicted octanol–water partition coefficient (Wildman–Crippen LogP) is 5.30. The molecular formula is C24H16O2. The van der Waals surface area contributed by atoms with E-state index in [1.807, 2.05) is 24.3 Å². The molecule has 0 aliphatic rings. The van der Waals surface area contributed by atoms with Crippen LogP contribution in [-0.4, -0.2) is 10.9 Å². The molecule has 0 bridgehead atoms. The molecule has 0 atom stereocenters. The molecule has 1 N–H and O–H groups in total. The normalized spacial score (nSPS) is 10.5. The first-order chi connectivity index (χ1) is 12.6. The quantitative estimate of drug-likeness (QED) is 0.291. The van der Waals surface area contributed by atoms with Gasteiger partial charge in [0.2, 0.25) is 0 Å². The van der Waals surface area contributed by atoms with Crippen molar-refractivity contribution in [2.45, 2.75) is 6.92 Å². The molecule has 0 aliphatic carbocycles. The van der Waals surface area contributed by atoms with Gasteiger partial charge in [-0.05, 0) is 52.7 Å². The first-order valence-electron chi connectivity index (χ1n) is 8.40. The number of hydrogen-bond donors (Lipinski definition) is 1. The number of aromatic hydroxyl groups is 1. The summed E-state index contributed by atoms with van der Waals surface area (Å²) >= 11 is 0. The van der Waals surface area contributed by atoms with Crippen LogP contribution in [0.5, 0.6) is 5.75 Å². The lowest BCUT2D eigenvalue weighted by molar-refractivity contribution is 0.101. The standard InChI is InChI=1S/C24H16O2/c1-16(25)23-14-17(11-13-24(23)26)10-12-19-15-18-6-2-3-7-20(18)22-9-5-4-8-21(19)22/h2-9,11,13-15,26H,1H3. The third kappa shape index (κ3) is 2.81. The van der Waals surface area contributed by atoms with E-state index in [1.165, 1.54) is 23.8 Å². The number of rotatable bonds is 1. The minimum absolute atomic E-state index is 0.0146. The third-order valence-corrected chi connectivity index (χ3v) is 4.49. The van der Waals surface area contributed by atoms with Crippen LogP contribution in [0.2, 0.25) is 0 Å². The lowest BCUT2D eigenvalue weighted by Crippen LogP contribution is -1.93. The fraction of sp³-hybridized carbons (Fsp3) is 0.0417. The number of carbonyl (C=O) groups is 1. The molecule has 124 valence electrons. The first-order valence-corrected chi connectivity index (χ1v) is 8.40. The van der Waals surface area contributed by atoms with Gasteiger partial charge < -0.3 is 5.11 Å². The van der Waals surface area contributed by atoms with E-state index < -0.39 is 0 Å². The maximum atomic E-state index is 11.6. The Bertz CT molecular complexity index is 1220. The van der Waals surface area contributed by atoms with Gasteiger partial charge in [-0.25, -0.2) is 0 Å². The van der Waals surface area contributed by atoms with Gasteiger partial charge in [0.1, 0.15) is 5.75 Å². The van der Waals surface area contributed by atoms with Crippen LogP contribution in [0.4, 0.5) is 0 Å². The molecule has 0 saturated heterocycles. The van der Waals surface area contributed by atoms with Crippen LogP contribution >= 0.6 is 0 Å². The van der Waals surface area contributed by atoms with Gasteiger partial charge in [-0.15, -0.1) is 0 Å². The van der Waals surface area contributed by atoms with Crippen molar-refractivity contribution in [1.82, 2.24) is 0 Å². The van der Waals surface area contributed by atoms with Gasteiger partial charge in [-0.1, -0.05) is 60.4 Å². The monoisotopic (exact) mass is 336 g/mol. The fourth-order valence-corrected chi connectivity index (χ4v) is 3.19. The molecule has 0 saturated carbocycles. The SMILES string of the molecule is CC(=O)c1cc(C#Cc2cc3ccccc3c3ccccc23)ccc1O. The van der Waals surface area contributed by atoms with Crippen LogP contribution < -0.4 is 0 Å². The summed E-state index contributed by atoms with van der Waals surface area (Å²) < 4.78 is 0. The van der Waals surface area contributed by atoms with Gasteiger partial charge in [0.15, 0.2) is 5.78 Å². The predicted molar refractivity (Wildman–Crippen MR) is 106 cm³/mol. The topological polar surface area (TPSA) is 37.3 Å². The number of ketones is 1. The van der Waals surface area contributed by atoms with E-state index >= 15 is 0 Å². The Morgan fingerprint density at radius 3 is 2.27 bits per heavy atom. The summed E-state index contributed by atoms with van der Waals surface area (Å²) in [5, 5.41) is 14.4. The van der Waals surface area contributed by atoms with E-state index in [-0.39, 0.29) is 11.5 Å². The van der Waals surface area contributed by atoms with E-state index in [0.29, 0.717) is 11.1 Å². The highest BCUT2D eigenvalue weighted by molar-refractivity contribution is 6.09. The molecule has 0 heterocycles. The van der Waals surface area contributed by atoms with Crippen molar-refractivity contribution in [3.8, 4) is 17.6 Å². The van der Waals surface area contributed by atoms with Gasteiger partial charge in [0, 0.05) is 11.1 Å². The Balaban J connectivity index is 1.90. The minimum atomic E-state index is -0.178. The van der Waals surface area contributed by atoms with Crippen molar-refractivity contribution in [2.24, 2.45) is 0 Å². The summed E-state index contributed by atoms with van der Waals surface area (Å²) in [7, 11) is 0. The molecule has 0 spiro atoms. The second kappa shape index (κ2) is 6.38. The Morgan fingerprint density at radius 1 is 0.808 bits per heavy atom. The lowest BCUT2D eigenvalue weighted by atomic mass is 9.97. The number of hydrogen-bond acceptors (Lipinski definition) is 2. The Labute approximate surface area is 151 Å². The van der Waals surface area contributed by atoms with Crippen molar-refractivity contribution in [2.75, 3.05) is 0 Å². The van der Waals surface area contributed by atoms with Crippen LogP contribution in [0.3, 0.4) is 0 Å². The average molecular weight is 336 g/mol. The molecule has 0 unspecified atom stereocenters. The fourth-order valence-electron chi connectivity index (χ4n) is 3.19. The van der Waals surface area contributed by atoms with Gasteiger partial charge >= 0.3 is 0 Å². The van der Waals surface area contributed by atoms with Crippen molar-refractivity contribution in [3.05, 3.63) is 89.5 Å². The molecule has 0 radical (unpaired) electrons. The van der Waals surface area contributed by atoms with Gasteiger partial charge in [0.05, 0.1) is 5.56 Å². The van der Waals surface area contributed by atoms with E-state index in [4.69, 9.17) is 0 Å². The largest absolute Gasteiger partial charge is 0.507 e. The molecule has 0 amide bonds. The van der Waals surface area contributed by atoms with Gasteiger partial charge in [-0.3, -0.25) is 4.79 Å². The van der Waals surface area contributed by atoms with Crippen molar-refractivity contribution in [3.63, 3.8) is 0 Å². The lowest BCUT2D eigenvalue weighted by Gasteiger charge is -2.06. The Kier molecular flexibility index (Phi) is 3.91. The zero-order valence-corrected chi connectivity index (χ0v) is 14.3. The van der Waals surface area contributed by atoms with Crippen molar-refractivity contribution < 1.29 is 9.90 Å². The maximum absolute atomic E-state index is 11.6. The van der Waals surface area contributed by atoms with E-state index in [0.717, 1.165) is 16.3 Å². The third-order valence-electron chi connectivity index (χ3n) is 4.49. The maximum Gasteiger partial charge on any atom is 0.163 e. The summed E-state index contributed by atoms with van der Waals surface area (Å²) in [6.45, 7) is 1.43. The number of carbonyl (C=O) groups excluding carboxylic acids is 1. The minimum Gasteiger partial charge on any atom is -0.507 e. The number of benzene rings is 4. The molecule has 4 aromatic carbocycles. The van der Waals surface area contributed by atoms with E-state index in [9.17, 15) is 9.90 Å². The highest BCUT2D eigenvalue weighted by Gasteiger charge is 2.07. The molecule has 4 rings (SSSR count). The second-order valence-corrected chi connectivity index (χ2v) is 6.23. The zero-order chi connectivity index (χ0) is 18.1. The number of phenolic OH excluding ortho intramolecular Hbond substituents is 1. The average Bonchev–Trinajstić information content (AvgIpc) is 2.67. The van der Waals surface area contributed by atoms with Crippen LogP contribution in [0.1, 0.15) is 28.4 Å². The molecule has 0 aliphatic heterocycles. The van der Waals surface area contributed by atoms with Crippen LogP contribution in [-0.2, 0) is 0 Å². The van der Waals surface area contributed by atoms with Crippen LogP contribution in [0.25, 0.3) is 21.5 Å². The molecule has 0 fully saturated rings. The molecule has 2 heteroatoms. The second-order valence-electron chi connectivity index (χ2n) is 6.23. The highest BCUT2D eigenvalue weighted by atomic mass is 16.3. The van der Waals surface area contributed by atoms with Gasteiger partial charge in [-0.2, -0.15) is 0 Å². The zero-order valence-electron chi connectivity index (χ0n) is 14.3. The smallest absolute Gasteiger partial charge is 0.163 e. The first kappa shape index (κ1) is 15.9. The number of Topliss-reactive ketones (excluding diaryl/α,β-unsaturated/α-hetero) is 1. The number of fused-ring (bicyclic) bond motifs is 3. The summed E-state index contributed by atoms with van der Waals surface area (Å²) in [4.78, 5) is 11.6. The van der Waals surface area contributed by atoms with Gasteiger partial charge in [0.25, 0.3) is 0 Å². The summed E-state index contributed by atoms with van der Waals surface area (Å²) in [6, 6.07) is 23.5. The van der Waals surface area contributed by atoms with E-state index in [2.05, 4.69) is 42.2 Å². The molecule has 0 aromatic heterocycles. The summed E-state index contributed by atoms with van der Waals surface area (Å²) in [5.41, 5.74) is 1.93. The summed E-state index contributed by atoms with van der Waals surface area (Å²) in [6.07, 6.45) is 0. The van der Waals surface area contributed by atoms with Crippen LogP contribution in [0.15, 0.2) is 72.8 Å². The van der Waals surface area contributed by atoms with E-state index in [1.54, 1.807) is 12.1 Å². The Morgan fingerprint density at radius 2 is 1.50 bits per heavy atom. The highest BCUT2D eigenvalue weighted by Crippen LogP contribution is 2.28.